The molecular weight excluding hydrogens is 256 g/mol. The van der Waals surface area contributed by atoms with E-state index in [9.17, 15) is 4.79 Å². The van der Waals surface area contributed by atoms with Gasteiger partial charge in [-0.3, -0.25) is 4.79 Å². The molecule has 0 atom stereocenters. The minimum Gasteiger partial charge on any atom is -0.497 e. The Hall–Kier alpha value is -2.56. The number of aromatic amines is 1. The van der Waals surface area contributed by atoms with Gasteiger partial charge >= 0.3 is 0 Å². The second-order valence-corrected chi connectivity index (χ2v) is 4.24. The Morgan fingerprint density at radius 3 is 2.60 bits per heavy atom. The van der Waals surface area contributed by atoms with Crippen LogP contribution < -0.4 is 15.0 Å². The van der Waals surface area contributed by atoms with E-state index in [-0.39, 0.29) is 5.56 Å². The number of benzene rings is 1. The third kappa shape index (κ3) is 3.06. The highest BCUT2D eigenvalue weighted by Crippen LogP contribution is 2.26. The number of aromatic nitrogens is 2. The smallest absolute Gasteiger partial charge is 0.264 e. The van der Waals surface area contributed by atoms with Crippen molar-refractivity contribution in [3.8, 4) is 11.5 Å². The summed E-state index contributed by atoms with van der Waals surface area (Å²) in [5, 5.41) is 6.41. The van der Waals surface area contributed by atoms with Gasteiger partial charge in [0.1, 0.15) is 11.5 Å². The molecule has 2 aromatic rings. The molecule has 20 heavy (non-hydrogen) atoms. The fourth-order valence-electron chi connectivity index (χ4n) is 1.80. The summed E-state index contributed by atoms with van der Waals surface area (Å²) < 4.78 is 10.5. The van der Waals surface area contributed by atoms with E-state index in [1.54, 1.807) is 14.2 Å². The highest BCUT2D eigenvalue weighted by atomic mass is 16.5. The monoisotopic (exact) mass is 272 g/mol. The minimum absolute atomic E-state index is 0.207. The first-order valence-electron chi connectivity index (χ1n) is 6.10. The molecule has 1 aromatic carbocycles. The summed E-state index contributed by atoms with van der Waals surface area (Å²) in [6.45, 7) is 1.84. The molecule has 5 nitrogen and oxygen atoms in total. The molecular formula is C15H16N2O3. The van der Waals surface area contributed by atoms with Gasteiger partial charge in [0.25, 0.3) is 5.56 Å². The molecule has 1 heterocycles. The molecule has 0 saturated carbocycles. The fourth-order valence-corrected chi connectivity index (χ4v) is 1.80. The summed E-state index contributed by atoms with van der Waals surface area (Å²) in [4.78, 5) is 11.1. The van der Waals surface area contributed by atoms with E-state index in [0.29, 0.717) is 11.4 Å². The fraction of sp³-hybridized carbons (Fsp3) is 0.200. The number of ether oxygens (including phenoxy) is 2. The van der Waals surface area contributed by atoms with Crippen LogP contribution in [0.3, 0.4) is 0 Å². The molecule has 0 saturated heterocycles. The first-order valence-corrected chi connectivity index (χ1v) is 6.10. The second kappa shape index (κ2) is 6.06. The van der Waals surface area contributed by atoms with Crippen molar-refractivity contribution in [1.82, 2.24) is 10.2 Å². The molecule has 0 radical (unpaired) electrons. The number of rotatable bonds is 4. The summed E-state index contributed by atoms with van der Waals surface area (Å²) in [5.41, 5.74) is 2.22. The topological polar surface area (TPSA) is 64.2 Å². The predicted molar refractivity (Wildman–Crippen MR) is 78.1 cm³/mol. The standard InChI is InChI=1S/C15H16N2O3/c1-10-8-15(18)17-16-13(10)7-5-11-4-6-12(19-2)9-14(11)20-3/h4-9H,1-3H3,(H,17,18). The van der Waals surface area contributed by atoms with Crippen molar-refractivity contribution >= 4 is 12.2 Å². The van der Waals surface area contributed by atoms with Crippen LogP contribution in [0.4, 0.5) is 0 Å². The quantitative estimate of drug-likeness (QED) is 0.927. The van der Waals surface area contributed by atoms with Gasteiger partial charge in [-0.25, -0.2) is 5.10 Å². The van der Waals surface area contributed by atoms with E-state index in [0.717, 1.165) is 16.9 Å². The van der Waals surface area contributed by atoms with E-state index < -0.39 is 0 Å². The third-order valence-electron chi connectivity index (χ3n) is 2.90. The van der Waals surface area contributed by atoms with E-state index >= 15 is 0 Å². The highest BCUT2D eigenvalue weighted by Gasteiger charge is 2.03. The van der Waals surface area contributed by atoms with E-state index in [1.165, 1.54) is 6.07 Å². The lowest BCUT2D eigenvalue weighted by Gasteiger charge is -2.07. The lowest BCUT2D eigenvalue weighted by Crippen LogP contribution is -2.08. The Morgan fingerprint density at radius 1 is 1.15 bits per heavy atom. The van der Waals surface area contributed by atoms with Crippen molar-refractivity contribution in [3.05, 3.63) is 51.4 Å². The van der Waals surface area contributed by atoms with Crippen LogP contribution in [0.1, 0.15) is 16.8 Å². The zero-order valence-electron chi connectivity index (χ0n) is 11.6. The van der Waals surface area contributed by atoms with Crippen LogP contribution in [-0.2, 0) is 0 Å². The molecule has 0 aliphatic carbocycles. The maximum atomic E-state index is 11.1. The number of nitrogens with one attached hydrogen (secondary N) is 1. The molecule has 104 valence electrons. The van der Waals surface area contributed by atoms with Gasteiger partial charge in [0, 0.05) is 17.7 Å². The molecule has 0 aliphatic rings. The van der Waals surface area contributed by atoms with Gasteiger partial charge in [-0.15, -0.1) is 0 Å². The number of hydrogen-bond donors (Lipinski definition) is 1. The largest absolute Gasteiger partial charge is 0.497 e. The van der Waals surface area contributed by atoms with Gasteiger partial charge in [-0.05, 0) is 36.8 Å². The van der Waals surface area contributed by atoms with Gasteiger partial charge in [0.05, 0.1) is 19.9 Å². The molecule has 0 bridgehead atoms. The lowest BCUT2D eigenvalue weighted by molar-refractivity contribution is 0.394. The van der Waals surface area contributed by atoms with Crippen LogP contribution in [0.2, 0.25) is 0 Å². The molecule has 0 amide bonds. The molecule has 0 aliphatic heterocycles. The van der Waals surface area contributed by atoms with Crippen molar-refractivity contribution in [1.29, 1.82) is 0 Å². The average molecular weight is 272 g/mol. The van der Waals surface area contributed by atoms with Crippen LogP contribution in [0.25, 0.3) is 12.2 Å². The van der Waals surface area contributed by atoms with Crippen LogP contribution in [0, 0.1) is 6.92 Å². The normalized spacial score (nSPS) is 10.8. The SMILES string of the molecule is COc1ccc(C=Cc2n[nH]c(=O)cc2C)c(OC)c1. The van der Waals surface area contributed by atoms with E-state index in [2.05, 4.69) is 10.2 Å². The Bertz CT molecular complexity index is 690. The molecule has 1 N–H and O–H groups in total. The zero-order valence-corrected chi connectivity index (χ0v) is 11.6. The van der Waals surface area contributed by atoms with Gasteiger partial charge in [0.2, 0.25) is 0 Å². The highest BCUT2D eigenvalue weighted by molar-refractivity contribution is 5.72. The summed E-state index contributed by atoms with van der Waals surface area (Å²) in [7, 11) is 3.22. The molecule has 0 fully saturated rings. The maximum Gasteiger partial charge on any atom is 0.264 e. The van der Waals surface area contributed by atoms with Gasteiger partial charge in [-0.2, -0.15) is 5.10 Å². The Kier molecular flexibility index (Phi) is 4.20. The molecule has 0 spiro atoms. The number of nitrogens with zero attached hydrogens (tertiary/aromatic N) is 1. The number of aryl methyl sites for hydroxylation is 1. The van der Waals surface area contributed by atoms with Crippen LogP contribution >= 0.6 is 0 Å². The van der Waals surface area contributed by atoms with Crippen molar-refractivity contribution < 1.29 is 9.47 Å². The number of hydrogen-bond acceptors (Lipinski definition) is 4. The average Bonchev–Trinajstić information content (AvgIpc) is 2.46. The van der Waals surface area contributed by atoms with Gasteiger partial charge in [-0.1, -0.05) is 0 Å². The van der Waals surface area contributed by atoms with Crippen LogP contribution in [0.5, 0.6) is 11.5 Å². The summed E-state index contributed by atoms with van der Waals surface area (Å²) in [6, 6.07) is 7.08. The van der Waals surface area contributed by atoms with Crippen molar-refractivity contribution in [2.75, 3.05) is 14.2 Å². The molecule has 1 aromatic heterocycles. The number of methoxy groups -OCH3 is 2. The van der Waals surface area contributed by atoms with E-state index in [4.69, 9.17) is 9.47 Å². The first kappa shape index (κ1) is 13.9. The van der Waals surface area contributed by atoms with Gasteiger partial charge < -0.3 is 9.47 Å². The van der Waals surface area contributed by atoms with E-state index in [1.807, 2.05) is 37.3 Å². The Balaban J connectivity index is 2.33. The lowest BCUT2D eigenvalue weighted by atomic mass is 10.1. The zero-order chi connectivity index (χ0) is 14.5. The Morgan fingerprint density at radius 2 is 1.95 bits per heavy atom. The number of H-pyrrole nitrogens is 1. The molecule has 2 rings (SSSR count). The predicted octanol–water partition coefficient (Wildman–Crippen LogP) is 2.27. The summed E-state index contributed by atoms with van der Waals surface area (Å²) in [6.07, 6.45) is 3.71. The summed E-state index contributed by atoms with van der Waals surface area (Å²) >= 11 is 0. The van der Waals surface area contributed by atoms with Crippen LogP contribution in [-0.4, -0.2) is 24.4 Å². The molecule has 5 heteroatoms. The van der Waals surface area contributed by atoms with Crippen molar-refractivity contribution in [2.45, 2.75) is 6.92 Å². The second-order valence-electron chi connectivity index (χ2n) is 4.24. The van der Waals surface area contributed by atoms with Gasteiger partial charge in [0.15, 0.2) is 0 Å². The third-order valence-corrected chi connectivity index (χ3v) is 2.90. The minimum atomic E-state index is -0.207. The first-order chi connectivity index (χ1) is 9.63. The maximum absolute atomic E-state index is 11.1. The van der Waals surface area contributed by atoms with Crippen molar-refractivity contribution in [3.63, 3.8) is 0 Å². The van der Waals surface area contributed by atoms with Crippen molar-refractivity contribution in [2.24, 2.45) is 0 Å². The van der Waals surface area contributed by atoms with Crippen LogP contribution in [0.15, 0.2) is 29.1 Å². The summed E-state index contributed by atoms with van der Waals surface area (Å²) in [5.74, 6) is 1.44. The molecule has 0 unspecified atom stereocenters. The Labute approximate surface area is 116 Å².